The summed E-state index contributed by atoms with van der Waals surface area (Å²) in [6.45, 7) is 0. The quantitative estimate of drug-likeness (QED) is 0.470. The van der Waals surface area contributed by atoms with Crippen LogP contribution in [0.25, 0.3) is 0 Å². The first-order valence-electron chi connectivity index (χ1n) is 8.03. The number of amides is 2. The van der Waals surface area contributed by atoms with Gasteiger partial charge in [-0.2, -0.15) is 5.10 Å². The van der Waals surface area contributed by atoms with Crippen LogP contribution >= 0.6 is 0 Å². The van der Waals surface area contributed by atoms with Gasteiger partial charge in [-0.05, 0) is 24.3 Å². The first-order chi connectivity index (χ1) is 13.0. The minimum atomic E-state index is -0.945. The molecule has 0 radical (unpaired) electrons. The number of hydrogen-bond acceptors (Lipinski definition) is 6. The van der Waals surface area contributed by atoms with Crippen molar-refractivity contribution in [3.05, 3.63) is 59.9 Å². The predicted octanol–water partition coefficient (Wildman–Crippen LogP) is 1.34. The molecular formula is C18H16FN5O3. The molecule has 1 aliphatic rings. The maximum absolute atomic E-state index is 13.5. The van der Waals surface area contributed by atoms with Gasteiger partial charge in [0.25, 0.3) is 5.91 Å². The molecule has 1 atom stereocenters. The van der Waals surface area contributed by atoms with Crippen LogP contribution in [-0.2, 0) is 9.59 Å². The van der Waals surface area contributed by atoms with Crippen LogP contribution in [0.15, 0.2) is 58.6 Å². The van der Waals surface area contributed by atoms with Crippen molar-refractivity contribution in [3.63, 3.8) is 0 Å². The normalized spacial score (nSPS) is 16.1. The molecule has 0 bridgehead atoms. The van der Waals surface area contributed by atoms with Gasteiger partial charge in [-0.25, -0.2) is 14.8 Å². The first kappa shape index (κ1) is 18.1. The predicted molar refractivity (Wildman–Crippen MR) is 97.8 cm³/mol. The lowest BCUT2D eigenvalue weighted by Crippen LogP contribution is -2.35. The van der Waals surface area contributed by atoms with E-state index in [1.165, 1.54) is 30.5 Å². The molecule has 0 fully saturated rings. The van der Waals surface area contributed by atoms with E-state index in [2.05, 4.69) is 26.2 Å². The molecule has 9 heteroatoms. The molecule has 1 unspecified atom stereocenters. The molecule has 0 aromatic heterocycles. The molecule has 2 amide bonds. The van der Waals surface area contributed by atoms with Gasteiger partial charge in [-0.3, -0.25) is 14.9 Å². The molecule has 3 rings (SSSR count). The molecule has 0 spiro atoms. The van der Waals surface area contributed by atoms with Crippen LogP contribution in [0.5, 0.6) is 5.75 Å². The molecule has 2 aromatic carbocycles. The van der Waals surface area contributed by atoms with Crippen molar-refractivity contribution in [1.29, 1.82) is 0 Å². The van der Waals surface area contributed by atoms with Crippen LogP contribution in [0, 0.1) is 5.82 Å². The zero-order chi connectivity index (χ0) is 19.2. The number of guanidine groups is 1. The second-order valence-electron chi connectivity index (χ2n) is 5.64. The summed E-state index contributed by atoms with van der Waals surface area (Å²) >= 11 is 0. The Morgan fingerprint density at radius 1 is 1.26 bits per heavy atom. The van der Waals surface area contributed by atoms with Gasteiger partial charge < -0.3 is 10.4 Å². The number of hydrazone groups is 1. The summed E-state index contributed by atoms with van der Waals surface area (Å²) in [6, 6.07) is 11.4. The van der Waals surface area contributed by atoms with Gasteiger partial charge in [-0.1, -0.05) is 24.3 Å². The fourth-order valence-electron chi connectivity index (χ4n) is 2.34. The van der Waals surface area contributed by atoms with E-state index >= 15 is 0 Å². The number of nitrogens with one attached hydrogen (secondary N) is 3. The molecule has 2 aromatic rings. The average Bonchev–Trinajstić information content (AvgIpc) is 2.98. The van der Waals surface area contributed by atoms with Crippen molar-refractivity contribution in [1.82, 2.24) is 10.7 Å². The number of aliphatic imine (C=N–C) groups is 1. The Hall–Kier alpha value is -3.75. The monoisotopic (exact) mass is 369 g/mol. The third kappa shape index (κ3) is 4.66. The minimum absolute atomic E-state index is 0.0375. The second-order valence-corrected chi connectivity index (χ2v) is 5.64. The van der Waals surface area contributed by atoms with E-state index in [9.17, 15) is 19.1 Å². The minimum Gasteiger partial charge on any atom is -0.507 e. The number of carbonyl (C=O) groups excluding carboxylic acids is 2. The summed E-state index contributed by atoms with van der Waals surface area (Å²) in [6.07, 6.45) is 1.12. The van der Waals surface area contributed by atoms with Gasteiger partial charge in [0.1, 0.15) is 17.6 Å². The zero-order valence-electron chi connectivity index (χ0n) is 14.0. The Bertz CT molecular complexity index is 929. The van der Waals surface area contributed by atoms with Crippen LogP contribution in [0.2, 0.25) is 0 Å². The number of benzene rings is 2. The smallest absolute Gasteiger partial charge is 0.252 e. The number of para-hydroxylation sites is 2. The zero-order valence-corrected chi connectivity index (χ0v) is 14.0. The molecule has 4 N–H and O–H groups in total. The van der Waals surface area contributed by atoms with E-state index < -0.39 is 23.7 Å². The van der Waals surface area contributed by atoms with Crippen molar-refractivity contribution in [3.8, 4) is 5.75 Å². The van der Waals surface area contributed by atoms with Crippen LogP contribution in [0.4, 0.5) is 10.1 Å². The van der Waals surface area contributed by atoms with Crippen molar-refractivity contribution in [2.75, 3.05) is 5.32 Å². The number of phenols is 1. The molecule has 138 valence electrons. The Balaban J connectivity index is 1.57. The summed E-state index contributed by atoms with van der Waals surface area (Å²) in [4.78, 5) is 28.0. The van der Waals surface area contributed by atoms with Crippen LogP contribution in [0.1, 0.15) is 12.0 Å². The average molecular weight is 369 g/mol. The third-order valence-corrected chi connectivity index (χ3v) is 3.67. The third-order valence-electron chi connectivity index (χ3n) is 3.67. The SMILES string of the molecule is O=C(CC1N=C(NN=Cc2ccccc2O)NC1=O)Nc1ccccc1F. The maximum Gasteiger partial charge on any atom is 0.252 e. The summed E-state index contributed by atoms with van der Waals surface area (Å²) in [5.74, 6) is -1.44. The van der Waals surface area contributed by atoms with Gasteiger partial charge >= 0.3 is 0 Å². The summed E-state index contributed by atoms with van der Waals surface area (Å²) in [5.41, 5.74) is 3.05. The molecule has 0 saturated carbocycles. The highest BCUT2D eigenvalue weighted by atomic mass is 19.1. The van der Waals surface area contributed by atoms with E-state index in [4.69, 9.17) is 0 Å². The van der Waals surface area contributed by atoms with Crippen molar-refractivity contribution in [2.45, 2.75) is 12.5 Å². The Morgan fingerprint density at radius 3 is 2.78 bits per heavy atom. The number of aromatic hydroxyl groups is 1. The highest BCUT2D eigenvalue weighted by Crippen LogP contribution is 2.14. The van der Waals surface area contributed by atoms with Crippen molar-refractivity contribution < 1.29 is 19.1 Å². The first-order valence-corrected chi connectivity index (χ1v) is 8.03. The topological polar surface area (TPSA) is 115 Å². The molecule has 1 aliphatic heterocycles. The summed E-state index contributed by atoms with van der Waals surface area (Å²) < 4.78 is 13.5. The van der Waals surface area contributed by atoms with E-state index in [-0.39, 0.29) is 23.8 Å². The Morgan fingerprint density at radius 2 is 2.00 bits per heavy atom. The fourth-order valence-corrected chi connectivity index (χ4v) is 2.34. The van der Waals surface area contributed by atoms with Gasteiger partial charge in [0.15, 0.2) is 0 Å². The second kappa shape index (κ2) is 8.09. The molecule has 8 nitrogen and oxygen atoms in total. The van der Waals surface area contributed by atoms with Gasteiger partial charge in [-0.15, -0.1) is 0 Å². The fraction of sp³-hybridized carbons (Fsp3) is 0.111. The summed E-state index contributed by atoms with van der Waals surface area (Å²) in [5, 5.41) is 18.4. The van der Waals surface area contributed by atoms with Crippen molar-refractivity contribution >= 4 is 29.7 Å². The molecule has 1 heterocycles. The summed E-state index contributed by atoms with van der Waals surface area (Å²) in [7, 11) is 0. The lowest BCUT2D eigenvalue weighted by molar-refractivity contribution is -0.123. The van der Waals surface area contributed by atoms with E-state index in [1.54, 1.807) is 24.3 Å². The Kier molecular flexibility index (Phi) is 5.41. The lowest BCUT2D eigenvalue weighted by atomic mass is 10.2. The number of hydrogen-bond donors (Lipinski definition) is 4. The number of anilines is 1. The van der Waals surface area contributed by atoms with Crippen LogP contribution < -0.4 is 16.1 Å². The number of carbonyl (C=O) groups is 2. The molecule has 0 saturated heterocycles. The molecule has 0 aliphatic carbocycles. The number of rotatable bonds is 5. The molecule has 27 heavy (non-hydrogen) atoms. The van der Waals surface area contributed by atoms with Gasteiger partial charge in [0.2, 0.25) is 11.9 Å². The standard InChI is InChI=1S/C18H16FN5O3/c19-12-6-2-3-7-13(12)21-16(26)9-14-17(27)23-18(22-14)24-20-10-11-5-1-4-8-15(11)25/h1-8,10,14,25H,9H2,(H,21,26)(H2,22,23,24,27). The number of phenolic OH excluding ortho intramolecular Hbond substituents is 1. The highest BCUT2D eigenvalue weighted by Gasteiger charge is 2.28. The molecular weight excluding hydrogens is 353 g/mol. The van der Waals surface area contributed by atoms with E-state index in [0.717, 1.165) is 0 Å². The largest absolute Gasteiger partial charge is 0.507 e. The number of nitrogens with zero attached hydrogens (tertiary/aromatic N) is 2. The van der Waals surface area contributed by atoms with Gasteiger partial charge in [0, 0.05) is 5.56 Å². The van der Waals surface area contributed by atoms with Gasteiger partial charge in [0.05, 0.1) is 18.3 Å². The van der Waals surface area contributed by atoms with E-state index in [1.807, 2.05) is 0 Å². The van der Waals surface area contributed by atoms with Crippen LogP contribution in [-0.4, -0.2) is 35.1 Å². The highest BCUT2D eigenvalue weighted by molar-refractivity contribution is 6.07. The van der Waals surface area contributed by atoms with Crippen LogP contribution in [0.3, 0.4) is 0 Å². The maximum atomic E-state index is 13.5. The Labute approximate surface area is 153 Å². The van der Waals surface area contributed by atoms with E-state index in [0.29, 0.717) is 5.56 Å². The van der Waals surface area contributed by atoms with Crippen molar-refractivity contribution in [2.24, 2.45) is 10.1 Å². The number of halogens is 1. The lowest BCUT2D eigenvalue weighted by Gasteiger charge is -2.07.